The third kappa shape index (κ3) is 3.86. The topological polar surface area (TPSA) is 9.23 Å². The average Bonchev–Trinajstić information content (AvgIpc) is 2.81. The van der Waals surface area contributed by atoms with Gasteiger partial charge in [-0.3, -0.25) is 0 Å². The zero-order valence-corrected chi connectivity index (χ0v) is 19.0. The second-order valence-electron chi connectivity index (χ2n) is 7.02. The molecule has 0 aliphatic rings. The maximum absolute atomic E-state index is 6.79. The summed E-state index contributed by atoms with van der Waals surface area (Å²) in [7, 11) is -0.452. The van der Waals surface area contributed by atoms with E-state index < -0.39 is 7.26 Å². The average molecular weight is 452 g/mol. The minimum atomic E-state index is -2.08. The van der Waals surface area contributed by atoms with E-state index in [4.69, 9.17) is 27.9 Å². The molecule has 0 amide bonds. The van der Waals surface area contributed by atoms with E-state index >= 15 is 0 Å². The van der Waals surface area contributed by atoms with Gasteiger partial charge in [-0.25, -0.2) is 0 Å². The lowest BCUT2D eigenvalue weighted by molar-refractivity contribution is 0.414. The van der Waals surface area contributed by atoms with Crippen molar-refractivity contribution < 1.29 is 4.74 Å². The van der Waals surface area contributed by atoms with Crippen molar-refractivity contribution in [3.8, 4) is 5.75 Å². The maximum atomic E-state index is 6.79. The standard InChI is InChI=1S/C26H22Cl2OP/c1-29-25-18-17-24(27)23(26(25)28)19-30(20-11-5-2-6-12-20,21-13-7-3-8-14-21)22-15-9-4-10-16-22/h2-18H,19H2,1H3/q+1. The van der Waals surface area contributed by atoms with E-state index in [-0.39, 0.29) is 0 Å². The first kappa shape index (κ1) is 20.9. The minimum Gasteiger partial charge on any atom is -0.495 e. The molecule has 0 fully saturated rings. The molecular weight excluding hydrogens is 430 g/mol. The fourth-order valence-electron chi connectivity index (χ4n) is 3.88. The summed E-state index contributed by atoms with van der Waals surface area (Å²) in [6.45, 7) is 0. The highest BCUT2D eigenvalue weighted by molar-refractivity contribution is 7.95. The predicted octanol–water partition coefficient (Wildman–Crippen LogP) is 6.50. The lowest BCUT2D eigenvalue weighted by Gasteiger charge is -2.28. The predicted molar refractivity (Wildman–Crippen MR) is 132 cm³/mol. The van der Waals surface area contributed by atoms with Gasteiger partial charge in [-0.2, -0.15) is 0 Å². The van der Waals surface area contributed by atoms with Gasteiger partial charge < -0.3 is 4.74 Å². The summed E-state index contributed by atoms with van der Waals surface area (Å²) in [6, 6.07) is 35.8. The Balaban J connectivity index is 2.04. The molecule has 0 aromatic heterocycles. The zero-order valence-electron chi connectivity index (χ0n) is 16.6. The summed E-state index contributed by atoms with van der Waals surface area (Å²) in [5, 5.41) is 5.11. The molecule has 0 unspecified atom stereocenters. The molecule has 0 spiro atoms. The third-order valence-electron chi connectivity index (χ3n) is 5.36. The quantitative estimate of drug-likeness (QED) is 0.304. The Bertz CT molecular complexity index is 1020. The van der Waals surface area contributed by atoms with Crippen LogP contribution in [0.5, 0.6) is 5.75 Å². The van der Waals surface area contributed by atoms with Gasteiger partial charge in [0.25, 0.3) is 0 Å². The van der Waals surface area contributed by atoms with Gasteiger partial charge in [-0.15, -0.1) is 0 Å². The van der Waals surface area contributed by atoms with Crippen LogP contribution in [0.3, 0.4) is 0 Å². The zero-order chi connectivity index (χ0) is 21.0. The Hall–Kier alpha value is -2.31. The van der Waals surface area contributed by atoms with Crippen molar-refractivity contribution in [2.45, 2.75) is 6.16 Å². The van der Waals surface area contributed by atoms with E-state index in [1.165, 1.54) is 15.9 Å². The second-order valence-corrected chi connectivity index (χ2v) is 11.3. The van der Waals surface area contributed by atoms with Crippen LogP contribution in [0.1, 0.15) is 5.56 Å². The van der Waals surface area contributed by atoms with Gasteiger partial charge in [0.15, 0.2) is 0 Å². The van der Waals surface area contributed by atoms with E-state index in [9.17, 15) is 0 Å². The first-order valence-corrected chi connectivity index (χ1v) is 12.5. The molecule has 0 radical (unpaired) electrons. The molecule has 30 heavy (non-hydrogen) atoms. The maximum Gasteiger partial charge on any atom is 0.137 e. The number of benzene rings is 4. The molecule has 0 heterocycles. The molecule has 4 aromatic carbocycles. The summed E-state index contributed by atoms with van der Waals surface area (Å²) in [5.41, 5.74) is 0.919. The van der Waals surface area contributed by atoms with E-state index in [0.29, 0.717) is 22.0 Å². The van der Waals surface area contributed by atoms with E-state index in [1.54, 1.807) is 7.11 Å². The van der Waals surface area contributed by atoms with Crippen LogP contribution in [0.2, 0.25) is 10.0 Å². The lowest BCUT2D eigenvalue weighted by atomic mass is 10.2. The highest BCUT2D eigenvalue weighted by Crippen LogP contribution is 2.59. The number of hydrogen-bond donors (Lipinski definition) is 0. The normalized spacial score (nSPS) is 11.3. The highest BCUT2D eigenvalue weighted by atomic mass is 35.5. The smallest absolute Gasteiger partial charge is 0.137 e. The molecule has 0 atom stereocenters. The van der Waals surface area contributed by atoms with Gasteiger partial charge in [-0.1, -0.05) is 77.8 Å². The van der Waals surface area contributed by atoms with Crippen LogP contribution < -0.4 is 20.7 Å². The van der Waals surface area contributed by atoms with Gasteiger partial charge in [0, 0.05) is 10.6 Å². The lowest BCUT2D eigenvalue weighted by Crippen LogP contribution is -2.32. The summed E-state index contributed by atoms with van der Waals surface area (Å²) in [4.78, 5) is 0. The Morgan fingerprint density at radius 2 is 1.07 bits per heavy atom. The first-order valence-electron chi connectivity index (χ1n) is 9.72. The van der Waals surface area contributed by atoms with Crippen LogP contribution in [0.25, 0.3) is 0 Å². The SMILES string of the molecule is COc1ccc(Cl)c(C[P+](c2ccccc2)(c2ccccc2)c2ccccc2)c1Cl. The Labute approximate surface area is 188 Å². The molecular formula is C26H22Cl2OP+. The largest absolute Gasteiger partial charge is 0.495 e. The van der Waals surface area contributed by atoms with Gasteiger partial charge in [0.2, 0.25) is 0 Å². The van der Waals surface area contributed by atoms with Crippen LogP contribution in [-0.4, -0.2) is 7.11 Å². The second kappa shape index (κ2) is 9.23. The van der Waals surface area contributed by atoms with Crippen molar-refractivity contribution in [3.05, 3.63) is 119 Å². The van der Waals surface area contributed by atoms with Gasteiger partial charge in [0.1, 0.15) is 35.1 Å². The molecule has 150 valence electrons. The summed E-state index contributed by atoms with van der Waals surface area (Å²) >= 11 is 13.5. The monoisotopic (exact) mass is 451 g/mol. The number of hydrogen-bond acceptors (Lipinski definition) is 1. The van der Waals surface area contributed by atoms with Crippen molar-refractivity contribution >= 4 is 46.4 Å². The Morgan fingerprint density at radius 1 is 0.633 bits per heavy atom. The van der Waals surface area contributed by atoms with E-state index in [2.05, 4.69) is 91.0 Å². The first-order chi connectivity index (χ1) is 14.7. The molecule has 0 saturated carbocycles. The molecule has 0 aliphatic heterocycles. The van der Waals surface area contributed by atoms with Crippen molar-refractivity contribution in [3.63, 3.8) is 0 Å². The molecule has 4 heteroatoms. The summed E-state index contributed by atoms with van der Waals surface area (Å²) in [6.07, 6.45) is 0.708. The van der Waals surface area contributed by atoms with Crippen LogP contribution >= 0.6 is 30.5 Å². The number of ether oxygens (including phenoxy) is 1. The fourth-order valence-corrected chi connectivity index (χ4v) is 8.94. The van der Waals surface area contributed by atoms with Crippen LogP contribution in [0.4, 0.5) is 0 Å². The molecule has 0 N–H and O–H groups in total. The van der Waals surface area contributed by atoms with Gasteiger partial charge in [-0.05, 0) is 48.5 Å². The number of rotatable bonds is 6. The molecule has 4 rings (SSSR count). The summed E-state index contributed by atoms with van der Waals surface area (Å²) in [5.74, 6) is 0.642. The van der Waals surface area contributed by atoms with Crippen molar-refractivity contribution in [2.75, 3.05) is 7.11 Å². The van der Waals surface area contributed by atoms with E-state index in [1.807, 2.05) is 12.1 Å². The minimum absolute atomic E-state index is 0.581. The van der Waals surface area contributed by atoms with Crippen LogP contribution in [-0.2, 0) is 6.16 Å². The molecule has 0 aliphatic carbocycles. The van der Waals surface area contributed by atoms with Crippen LogP contribution in [0, 0.1) is 0 Å². The van der Waals surface area contributed by atoms with Gasteiger partial charge >= 0.3 is 0 Å². The Morgan fingerprint density at radius 3 is 1.47 bits per heavy atom. The summed E-state index contributed by atoms with van der Waals surface area (Å²) < 4.78 is 5.49. The third-order valence-corrected chi connectivity index (χ3v) is 10.5. The van der Waals surface area contributed by atoms with Gasteiger partial charge in [0.05, 0.1) is 12.1 Å². The molecule has 0 saturated heterocycles. The van der Waals surface area contributed by atoms with Crippen molar-refractivity contribution in [1.82, 2.24) is 0 Å². The molecule has 1 nitrogen and oxygen atoms in total. The van der Waals surface area contributed by atoms with Crippen molar-refractivity contribution in [1.29, 1.82) is 0 Å². The number of methoxy groups -OCH3 is 1. The Kier molecular flexibility index (Phi) is 6.44. The van der Waals surface area contributed by atoms with Crippen LogP contribution in [0.15, 0.2) is 103 Å². The number of halogens is 2. The molecule has 4 aromatic rings. The van der Waals surface area contributed by atoms with E-state index in [0.717, 1.165) is 5.56 Å². The highest BCUT2D eigenvalue weighted by Gasteiger charge is 2.46. The van der Waals surface area contributed by atoms with Crippen molar-refractivity contribution in [2.24, 2.45) is 0 Å². The fraction of sp³-hybridized carbons (Fsp3) is 0.0769. The molecule has 0 bridgehead atoms.